The van der Waals surface area contributed by atoms with Crippen molar-refractivity contribution in [1.82, 2.24) is 4.90 Å². The summed E-state index contributed by atoms with van der Waals surface area (Å²) in [5.41, 5.74) is 5.50. The highest BCUT2D eigenvalue weighted by Gasteiger charge is 2.42. The van der Waals surface area contributed by atoms with Crippen LogP contribution in [-0.4, -0.2) is 50.0 Å². The number of ether oxygens (including phenoxy) is 1. The highest BCUT2D eigenvalue weighted by atomic mass is 19.4. The highest BCUT2D eigenvalue weighted by Crippen LogP contribution is 2.35. The van der Waals surface area contributed by atoms with Gasteiger partial charge in [-0.3, -0.25) is 4.90 Å². The van der Waals surface area contributed by atoms with Gasteiger partial charge in [0.05, 0.1) is 13.2 Å². The van der Waals surface area contributed by atoms with Gasteiger partial charge in [-0.25, -0.2) is 0 Å². The van der Waals surface area contributed by atoms with Crippen molar-refractivity contribution in [2.24, 2.45) is 11.1 Å². The second-order valence-electron chi connectivity index (χ2n) is 5.61. The molecule has 1 heterocycles. The molecule has 6 heteroatoms. The van der Waals surface area contributed by atoms with Gasteiger partial charge in [-0.1, -0.05) is 0 Å². The van der Waals surface area contributed by atoms with Gasteiger partial charge in [0, 0.05) is 31.2 Å². The van der Waals surface area contributed by atoms with Crippen LogP contribution < -0.4 is 5.73 Å². The molecule has 1 aliphatic heterocycles. The first-order valence-corrected chi connectivity index (χ1v) is 6.53. The molecule has 2 fully saturated rings. The van der Waals surface area contributed by atoms with Gasteiger partial charge in [0.15, 0.2) is 0 Å². The summed E-state index contributed by atoms with van der Waals surface area (Å²) >= 11 is 0. The molecular formula is C12H21F3N2O. The Morgan fingerprint density at radius 3 is 2.50 bits per heavy atom. The lowest BCUT2D eigenvalue weighted by Crippen LogP contribution is -2.50. The van der Waals surface area contributed by atoms with Crippen molar-refractivity contribution >= 4 is 0 Å². The third-order valence-corrected chi connectivity index (χ3v) is 3.82. The second-order valence-corrected chi connectivity index (χ2v) is 5.61. The van der Waals surface area contributed by atoms with Crippen molar-refractivity contribution in [2.75, 3.05) is 32.8 Å². The molecule has 0 radical (unpaired) electrons. The van der Waals surface area contributed by atoms with E-state index in [1.807, 2.05) is 0 Å². The van der Waals surface area contributed by atoms with Crippen molar-refractivity contribution in [3.8, 4) is 0 Å². The van der Waals surface area contributed by atoms with Gasteiger partial charge < -0.3 is 10.5 Å². The molecule has 0 spiro atoms. The number of hydrogen-bond donors (Lipinski definition) is 1. The van der Waals surface area contributed by atoms with Crippen LogP contribution in [-0.2, 0) is 4.74 Å². The Kier molecular flexibility index (Phi) is 4.18. The number of nitrogens with two attached hydrogens (primary N) is 1. The molecule has 0 amide bonds. The van der Waals surface area contributed by atoms with E-state index in [0.29, 0.717) is 26.3 Å². The summed E-state index contributed by atoms with van der Waals surface area (Å²) < 4.78 is 43.1. The van der Waals surface area contributed by atoms with E-state index in [4.69, 9.17) is 10.5 Å². The van der Waals surface area contributed by atoms with E-state index in [0.717, 1.165) is 25.7 Å². The summed E-state index contributed by atoms with van der Waals surface area (Å²) in [7, 11) is 0. The normalized spacial score (nSPS) is 29.8. The van der Waals surface area contributed by atoms with Gasteiger partial charge >= 0.3 is 6.18 Å². The average molecular weight is 266 g/mol. The number of rotatable bonds is 5. The van der Waals surface area contributed by atoms with Crippen LogP contribution in [0.5, 0.6) is 0 Å². The lowest BCUT2D eigenvalue weighted by atomic mass is 9.82. The minimum absolute atomic E-state index is 0.0944. The highest BCUT2D eigenvalue weighted by molar-refractivity contribution is 4.93. The number of halogens is 3. The molecule has 18 heavy (non-hydrogen) atoms. The van der Waals surface area contributed by atoms with E-state index < -0.39 is 12.7 Å². The van der Waals surface area contributed by atoms with E-state index in [1.54, 1.807) is 4.90 Å². The Bertz CT molecular complexity index is 273. The molecule has 3 nitrogen and oxygen atoms in total. The molecule has 1 saturated heterocycles. The fraction of sp³-hybridized carbons (Fsp3) is 1.00. The molecule has 2 aliphatic rings. The van der Waals surface area contributed by atoms with Gasteiger partial charge in [0.25, 0.3) is 0 Å². The molecule has 0 bridgehead atoms. The molecule has 1 saturated carbocycles. The van der Waals surface area contributed by atoms with Crippen LogP contribution in [0, 0.1) is 5.41 Å². The van der Waals surface area contributed by atoms with Gasteiger partial charge in [-0.2, -0.15) is 13.2 Å². The van der Waals surface area contributed by atoms with E-state index in [2.05, 4.69) is 0 Å². The molecule has 2 rings (SSSR count). The van der Waals surface area contributed by atoms with Gasteiger partial charge in [0.2, 0.25) is 0 Å². The molecular weight excluding hydrogens is 245 g/mol. The number of nitrogens with zero attached hydrogens (tertiary/aromatic N) is 1. The first kappa shape index (κ1) is 14.1. The average Bonchev–Trinajstić information content (AvgIpc) is 3.11. The zero-order valence-corrected chi connectivity index (χ0v) is 10.5. The molecule has 0 aromatic carbocycles. The Balaban J connectivity index is 1.98. The molecule has 1 unspecified atom stereocenters. The van der Waals surface area contributed by atoms with Gasteiger partial charge in [-0.15, -0.1) is 0 Å². The Morgan fingerprint density at radius 2 is 2.06 bits per heavy atom. The van der Waals surface area contributed by atoms with E-state index in [9.17, 15) is 13.2 Å². The minimum atomic E-state index is -4.13. The third kappa shape index (κ3) is 3.83. The third-order valence-electron chi connectivity index (χ3n) is 3.82. The van der Waals surface area contributed by atoms with Crippen molar-refractivity contribution in [2.45, 2.75) is 37.9 Å². The largest absolute Gasteiger partial charge is 0.401 e. The predicted molar refractivity (Wildman–Crippen MR) is 62.2 cm³/mol. The Morgan fingerprint density at radius 1 is 1.33 bits per heavy atom. The van der Waals surface area contributed by atoms with Crippen LogP contribution in [0.1, 0.15) is 25.7 Å². The molecule has 1 atom stereocenters. The lowest BCUT2D eigenvalue weighted by molar-refractivity contribution is -0.153. The van der Waals surface area contributed by atoms with Crippen LogP contribution in [0.25, 0.3) is 0 Å². The first-order chi connectivity index (χ1) is 8.44. The van der Waals surface area contributed by atoms with Crippen LogP contribution in [0.2, 0.25) is 0 Å². The van der Waals surface area contributed by atoms with Gasteiger partial charge in [-0.05, 0) is 25.7 Å². The minimum Gasteiger partial charge on any atom is -0.381 e. The Hall–Kier alpha value is -0.330. The lowest BCUT2D eigenvalue weighted by Gasteiger charge is -2.40. The SMILES string of the molecule is NCC1(CN(CC(F)(F)F)C2CC2)CCCOC1. The summed E-state index contributed by atoms with van der Waals surface area (Å²) in [5, 5.41) is 0. The zero-order valence-electron chi connectivity index (χ0n) is 10.5. The topological polar surface area (TPSA) is 38.5 Å². The number of hydrogen-bond acceptors (Lipinski definition) is 3. The van der Waals surface area contributed by atoms with Crippen LogP contribution >= 0.6 is 0 Å². The maximum atomic E-state index is 12.6. The van der Waals surface area contributed by atoms with Crippen LogP contribution in [0.15, 0.2) is 0 Å². The Labute approximate surface area is 105 Å². The first-order valence-electron chi connectivity index (χ1n) is 6.53. The zero-order chi connectivity index (χ0) is 13.2. The summed E-state index contributed by atoms with van der Waals surface area (Å²) in [6, 6.07) is 0.0944. The standard InChI is InChI=1S/C12H21F3N2O/c13-12(14,15)8-17(10-2-3-10)7-11(6-16)4-1-5-18-9-11/h10H,1-9,16H2. The maximum absolute atomic E-state index is 12.6. The van der Waals surface area contributed by atoms with Crippen molar-refractivity contribution in [3.63, 3.8) is 0 Å². The van der Waals surface area contributed by atoms with E-state index in [-0.39, 0.29) is 11.5 Å². The summed E-state index contributed by atoms with van der Waals surface area (Å²) in [6.07, 6.45) is -0.630. The monoisotopic (exact) mass is 266 g/mol. The fourth-order valence-electron chi connectivity index (χ4n) is 2.68. The summed E-state index contributed by atoms with van der Waals surface area (Å²) in [6.45, 7) is 1.18. The van der Waals surface area contributed by atoms with Crippen molar-refractivity contribution in [3.05, 3.63) is 0 Å². The molecule has 1 aliphatic carbocycles. The second kappa shape index (κ2) is 5.35. The van der Waals surface area contributed by atoms with Crippen LogP contribution in [0.4, 0.5) is 13.2 Å². The predicted octanol–water partition coefficient (Wildman–Crippen LogP) is 1.77. The summed E-state index contributed by atoms with van der Waals surface area (Å²) in [4.78, 5) is 1.56. The van der Waals surface area contributed by atoms with Crippen molar-refractivity contribution < 1.29 is 17.9 Å². The van der Waals surface area contributed by atoms with E-state index >= 15 is 0 Å². The van der Waals surface area contributed by atoms with Crippen molar-refractivity contribution in [1.29, 1.82) is 0 Å². The molecule has 106 valence electrons. The molecule has 2 N–H and O–H groups in total. The molecule has 0 aromatic rings. The smallest absolute Gasteiger partial charge is 0.381 e. The maximum Gasteiger partial charge on any atom is 0.401 e. The van der Waals surface area contributed by atoms with E-state index in [1.165, 1.54) is 0 Å². The quantitative estimate of drug-likeness (QED) is 0.824. The fourth-order valence-corrected chi connectivity index (χ4v) is 2.68. The van der Waals surface area contributed by atoms with Gasteiger partial charge in [0.1, 0.15) is 0 Å². The molecule has 0 aromatic heterocycles. The van der Waals surface area contributed by atoms with Crippen LogP contribution in [0.3, 0.4) is 0 Å². The number of alkyl halides is 3. The summed E-state index contributed by atoms with van der Waals surface area (Å²) in [5.74, 6) is 0.